The predicted octanol–water partition coefficient (Wildman–Crippen LogP) is 2.59. The van der Waals surface area contributed by atoms with Gasteiger partial charge in [-0.3, -0.25) is 14.9 Å². The van der Waals surface area contributed by atoms with E-state index in [9.17, 15) is 9.59 Å². The van der Waals surface area contributed by atoms with Crippen molar-refractivity contribution >= 4 is 22.8 Å². The third-order valence-corrected chi connectivity index (χ3v) is 4.46. The van der Waals surface area contributed by atoms with Crippen LogP contribution >= 0.6 is 0 Å². The number of nitrogens with one attached hydrogen (secondary N) is 1. The Morgan fingerprint density at radius 2 is 2.04 bits per heavy atom. The van der Waals surface area contributed by atoms with Crippen molar-refractivity contribution < 1.29 is 14.3 Å². The molecule has 0 aliphatic rings. The van der Waals surface area contributed by atoms with E-state index >= 15 is 0 Å². The number of esters is 1. The van der Waals surface area contributed by atoms with Crippen molar-refractivity contribution in [3.05, 3.63) is 30.5 Å². The number of benzene rings is 1. The van der Waals surface area contributed by atoms with Crippen molar-refractivity contribution in [1.29, 1.82) is 0 Å². The molecule has 0 saturated heterocycles. The molecule has 0 saturated carbocycles. The lowest BCUT2D eigenvalue weighted by atomic mass is 9.99. The number of primary amides is 1. The standard InChI is InChI=1S/C21H27N3O3/c1-4-7-13-23-21(6-3,20(22)26)15-24-14-18(27-19(25)10-5-2)16-11-8-9-12-17(16)24/h3,8-9,11-12,14,23H,4-5,7,10,13,15H2,1-2H3,(H2,22,26). The highest BCUT2D eigenvalue weighted by Gasteiger charge is 2.35. The average molecular weight is 369 g/mol. The summed E-state index contributed by atoms with van der Waals surface area (Å²) in [4.78, 5) is 24.1. The maximum atomic E-state index is 12.2. The van der Waals surface area contributed by atoms with E-state index in [4.69, 9.17) is 16.9 Å². The Bertz CT molecular complexity index is 850. The van der Waals surface area contributed by atoms with Gasteiger partial charge in [-0.1, -0.05) is 38.3 Å². The van der Waals surface area contributed by atoms with Crippen LogP contribution in [0.4, 0.5) is 0 Å². The van der Waals surface area contributed by atoms with Crippen LogP contribution in [0, 0.1) is 12.3 Å². The first-order valence-electron chi connectivity index (χ1n) is 9.28. The fourth-order valence-electron chi connectivity index (χ4n) is 2.93. The summed E-state index contributed by atoms with van der Waals surface area (Å²) in [5, 5.41) is 3.91. The minimum atomic E-state index is -1.32. The molecule has 1 atom stereocenters. The van der Waals surface area contributed by atoms with Crippen molar-refractivity contribution in [3.8, 4) is 18.1 Å². The average Bonchev–Trinajstić information content (AvgIpc) is 2.98. The van der Waals surface area contributed by atoms with Crippen molar-refractivity contribution in [2.45, 2.75) is 51.6 Å². The summed E-state index contributed by atoms with van der Waals surface area (Å²) in [6, 6.07) is 7.50. The van der Waals surface area contributed by atoms with Gasteiger partial charge in [0, 0.05) is 18.0 Å². The summed E-state index contributed by atoms with van der Waals surface area (Å²) in [7, 11) is 0. The highest BCUT2D eigenvalue weighted by atomic mass is 16.5. The van der Waals surface area contributed by atoms with Crippen molar-refractivity contribution in [2.24, 2.45) is 5.73 Å². The van der Waals surface area contributed by atoms with Gasteiger partial charge in [-0.15, -0.1) is 6.42 Å². The number of para-hydroxylation sites is 1. The molecule has 1 unspecified atom stereocenters. The molecule has 6 nitrogen and oxygen atoms in total. The third-order valence-electron chi connectivity index (χ3n) is 4.46. The number of terminal acetylenes is 1. The molecule has 6 heteroatoms. The second kappa shape index (κ2) is 9.24. The van der Waals surface area contributed by atoms with E-state index in [2.05, 4.69) is 18.2 Å². The number of ether oxygens (including phenoxy) is 1. The quantitative estimate of drug-likeness (QED) is 0.383. The second-order valence-electron chi connectivity index (χ2n) is 6.56. The topological polar surface area (TPSA) is 86.3 Å². The molecular weight excluding hydrogens is 342 g/mol. The van der Waals surface area contributed by atoms with Crippen molar-refractivity contribution in [3.63, 3.8) is 0 Å². The Morgan fingerprint density at radius 3 is 2.67 bits per heavy atom. The highest BCUT2D eigenvalue weighted by molar-refractivity contribution is 5.91. The molecule has 0 spiro atoms. The van der Waals surface area contributed by atoms with Crippen LogP contribution in [-0.2, 0) is 16.1 Å². The van der Waals surface area contributed by atoms with Gasteiger partial charge in [0.2, 0.25) is 0 Å². The van der Waals surface area contributed by atoms with Gasteiger partial charge in [0.25, 0.3) is 5.91 Å². The molecule has 2 aromatic rings. The van der Waals surface area contributed by atoms with Crippen LogP contribution in [0.25, 0.3) is 10.9 Å². The van der Waals surface area contributed by atoms with E-state index in [-0.39, 0.29) is 12.5 Å². The molecule has 1 aromatic heterocycles. The molecule has 1 amide bonds. The first-order chi connectivity index (χ1) is 13.0. The number of carbonyl (C=O) groups is 2. The van der Waals surface area contributed by atoms with Gasteiger partial charge in [0.05, 0.1) is 12.1 Å². The zero-order chi connectivity index (χ0) is 19.9. The fourth-order valence-corrected chi connectivity index (χ4v) is 2.93. The number of hydrogen-bond donors (Lipinski definition) is 2. The van der Waals surface area contributed by atoms with Gasteiger partial charge in [-0.2, -0.15) is 0 Å². The van der Waals surface area contributed by atoms with E-state index in [0.29, 0.717) is 25.1 Å². The van der Waals surface area contributed by atoms with Crippen LogP contribution in [0.1, 0.15) is 39.5 Å². The molecular formula is C21H27N3O3. The van der Waals surface area contributed by atoms with Gasteiger partial charge >= 0.3 is 5.97 Å². The fraction of sp³-hybridized carbons (Fsp3) is 0.429. The Kier molecular flexibility index (Phi) is 7.03. The number of hydrogen-bond acceptors (Lipinski definition) is 4. The predicted molar refractivity (Wildman–Crippen MR) is 106 cm³/mol. The lowest BCUT2D eigenvalue weighted by Gasteiger charge is -2.27. The van der Waals surface area contributed by atoms with Crippen LogP contribution in [-0.4, -0.2) is 28.5 Å². The molecule has 2 rings (SSSR count). The zero-order valence-corrected chi connectivity index (χ0v) is 16.0. The maximum Gasteiger partial charge on any atom is 0.311 e. The SMILES string of the molecule is C#CC(Cn1cc(OC(=O)CCC)c2ccccc21)(NCCCC)C(N)=O. The van der Waals surface area contributed by atoms with Gasteiger partial charge in [-0.25, -0.2) is 0 Å². The Morgan fingerprint density at radius 1 is 1.30 bits per heavy atom. The van der Waals surface area contributed by atoms with Crippen LogP contribution < -0.4 is 15.8 Å². The summed E-state index contributed by atoms with van der Waals surface area (Å²) in [5.41, 5.74) is 5.14. The number of nitrogens with two attached hydrogens (primary N) is 1. The molecule has 0 aliphatic carbocycles. The number of fused-ring (bicyclic) bond motifs is 1. The van der Waals surface area contributed by atoms with Crippen LogP contribution in [0.3, 0.4) is 0 Å². The minimum absolute atomic E-state index is 0.147. The van der Waals surface area contributed by atoms with Gasteiger partial charge in [-0.05, 0) is 31.5 Å². The number of aromatic nitrogens is 1. The van der Waals surface area contributed by atoms with E-state index < -0.39 is 11.4 Å². The van der Waals surface area contributed by atoms with Crippen molar-refractivity contribution in [1.82, 2.24) is 9.88 Å². The largest absolute Gasteiger partial charge is 0.424 e. The van der Waals surface area contributed by atoms with Gasteiger partial charge in [0.1, 0.15) is 0 Å². The molecule has 3 N–H and O–H groups in total. The number of carbonyl (C=O) groups excluding carboxylic acids is 2. The van der Waals surface area contributed by atoms with E-state index in [1.807, 2.05) is 35.8 Å². The number of unbranched alkanes of at least 4 members (excludes halogenated alkanes) is 1. The van der Waals surface area contributed by atoms with Crippen LogP contribution in [0.15, 0.2) is 30.5 Å². The van der Waals surface area contributed by atoms with Gasteiger partial charge in [0.15, 0.2) is 11.3 Å². The molecule has 0 bridgehead atoms. The lowest BCUT2D eigenvalue weighted by Crippen LogP contribution is -2.57. The molecule has 144 valence electrons. The number of amides is 1. The Hall–Kier alpha value is -2.78. The summed E-state index contributed by atoms with van der Waals surface area (Å²) in [6.07, 6.45) is 10.3. The monoisotopic (exact) mass is 369 g/mol. The summed E-state index contributed by atoms with van der Waals surface area (Å²) in [5.74, 6) is 2.10. The Labute approximate surface area is 160 Å². The molecule has 0 aliphatic heterocycles. The van der Waals surface area contributed by atoms with Crippen LogP contribution in [0.5, 0.6) is 5.75 Å². The summed E-state index contributed by atoms with van der Waals surface area (Å²) in [6.45, 7) is 4.70. The molecule has 1 heterocycles. The molecule has 1 aromatic carbocycles. The molecule has 0 fully saturated rings. The van der Waals surface area contributed by atoms with Gasteiger partial charge < -0.3 is 15.0 Å². The highest BCUT2D eigenvalue weighted by Crippen LogP contribution is 2.29. The Balaban J connectivity index is 2.40. The smallest absolute Gasteiger partial charge is 0.311 e. The first-order valence-corrected chi connectivity index (χ1v) is 9.28. The van der Waals surface area contributed by atoms with E-state index in [1.165, 1.54) is 0 Å². The third kappa shape index (κ3) is 4.69. The normalized spacial score (nSPS) is 13.1. The molecule has 0 radical (unpaired) electrons. The summed E-state index contributed by atoms with van der Waals surface area (Å²) >= 11 is 0. The van der Waals surface area contributed by atoms with E-state index in [0.717, 1.165) is 23.7 Å². The van der Waals surface area contributed by atoms with E-state index in [1.54, 1.807) is 6.20 Å². The summed E-state index contributed by atoms with van der Waals surface area (Å²) < 4.78 is 7.32. The zero-order valence-electron chi connectivity index (χ0n) is 16.0. The number of nitrogens with zero attached hydrogens (tertiary/aromatic N) is 1. The second-order valence-corrected chi connectivity index (χ2v) is 6.56. The maximum absolute atomic E-state index is 12.2. The lowest BCUT2D eigenvalue weighted by molar-refractivity contribution is -0.134. The van der Waals surface area contributed by atoms with Crippen LogP contribution in [0.2, 0.25) is 0 Å². The first kappa shape index (κ1) is 20.5. The minimum Gasteiger partial charge on any atom is -0.424 e. The molecule has 27 heavy (non-hydrogen) atoms. The van der Waals surface area contributed by atoms with Crippen molar-refractivity contribution in [2.75, 3.05) is 6.54 Å². The number of rotatable bonds is 10.